The number of nitrogens with one attached hydrogen (secondary N) is 1. The lowest BCUT2D eigenvalue weighted by Gasteiger charge is -2.29. The van der Waals surface area contributed by atoms with Gasteiger partial charge in [0, 0.05) is 32.3 Å². The molecule has 0 unspecified atom stereocenters. The Bertz CT molecular complexity index is 461. The number of likely N-dealkylation sites (tertiary alicyclic amines) is 1. The fourth-order valence-corrected chi connectivity index (χ4v) is 1.95. The Balaban J connectivity index is 1.95. The minimum absolute atomic E-state index is 0.0515. The predicted molar refractivity (Wildman–Crippen MR) is 67.4 cm³/mol. The second kappa shape index (κ2) is 5.35. The summed E-state index contributed by atoms with van der Waals surface area (Å²) in [6.45, 7) is 0.665. The zero-order chi connectivity index (χ0) is 13.1. The standard InChI is InChI=1S/C12H14ClN3O2/c1-16-5-4-9(6-11(16)17)15-12(18)10-3-2-8(13)7-14-10/h2-3,7,9H,4-6H2,1H3,(H,15,18)/t9-/m1/s1. The first-order valence-electron chi connectivity index (χ1n) is 5.72. The van der Waals surface area contributed by atoms with E-state index in [4.69, 9.17) is 11.6 Å². The third-order valence-corrected chi connectivity index (χ3v) is 3.18. The van der Waals surface area contributed by atoms with Crippen LogP contribution < -0.4 is 5.32 Å². The molecule has 1 aliphatic heterocycles. The molecule has 0 saturated carbocycles. The predicted octanol–water partition coefficient (Wildman–Crippen LogP) is 1.09. The van der Waals surface area contributed by atoms with Gasteiger partial charge in [0.1, 0.15) is 5.69 Å². The summed E-state index contributed by atoms with van der Waals surface area (Å²) < 4.78 is 0. The van der Waals surface area contributed by atoms with Crippen LogP contribution in [0, 0.1) is 0 Å². The molecule has 2 rings (SSSR count). The molecule has 5 nitrogen and oxygen atoms in total. The van der Waals surface area contributed by atoms with Crippen LogP contribution in [0.2, 0.25) is 5.02 Å². The molecule has 0 aromatic carbocycles. The summed E-state index contributed by atoms with van der Waals surface area (Å²) >= 11 is 5.70. The number of amides is 2. The van der Waals surface area contributed by atoms with Gasteiger partial charge in [0.2, 0.25) is 5.91 Å². The van der Waals surface area contributed by atoms with Crippen LogP contribution in [-0.2, 0) is 4.79 Å². The smallest absolute Gasteiger partial charge is 0.270 e. The molecule has 1 fully saturated rings. The van der Waals surface area contributed by atoms with Gasteiger partial charge >= 0.3 is 0 Å². The maximum Gasteiger partial charge on any atom is 0.270 e. The lowest BCUT2D eigenvalue weighted by molar-refractivity contribution is -0.132. The van der Waals surface area contributed by atoms with Crippen LogP contribution in [0.25, 0.3) is 0 Å². The molecule has 0 bridgehead atoms. The van der Waals surface area contributed by atoms with Gasteiger partial charge < -0.3 is 10.2 Å². The summed E-state index contributed by atoms with van der Waals surface area (Å²) in [5.41, 5.74) is 0.311. The Morgan fingerprint density at radius 3 is 2.94 bits per heavy atom. The van der Waals surface area contributed by atoms with E-state index in [1.165, 1.54) is 6.20 Å². The Hall–Kier alpha value is -1.62. The lowest BCUT2D eigenvalue weighted by atomic mass is 10.0. The van der Waals surface area contributed by atoms with Crippen LogP contribution in [0.1, 0.15) is 23.3 Å². The molecule has 0 aliphatic carbocycles. The molecule has 2 heterocycles. The van der Waals surface area contributed by atoms with Gasteiger partial charge in [-0.25, -0.2) is 4.98 Å². The first kappa shape index (κ1) is 12.8. The number of piperidine rings is 1. The van der Waals surface area contributed by atoms with Gasteiger partial charge in [-0.1, -0.05) is 11.6 Å². The fourth-order valence-electron chi connectivity index (χ4n) is 1.84. The molecule has 1 aliphatic rings. The van der Waals surface area contributed by atoms with Crippen molar-refractivity contribution in [2.45, 2.75) is 18.9 Å². The van der Waals surface area contributed by atoms with Crippen LogP contribution in [0.5, 0.6) is 0 Å². The highest BCUT2D eigenvalue weighted by Gasteiger charge is 2.24. The fraction of sp³-hybridized carbons (Fsp3) is 0.417. The molecule has 6 heteroatoms. The van der Waals surface area contributed by atoms with Crippen molar-refractivity contribution in [3.63, 3.8) is 0 Å². The molecule has 96 valence electrons. The second-order valence-corrected chi connectivity index (χ2v) is 4.78. The number of carbonyl (C=O) groups is 2. The van der Waals surface area contributed by atoms with Gasteiger partial charge in [-0.3, -0.25) is 9.59 Å². The average Bonchev–Trinajstić information content (AvgIpc) is 2.34. The zero-order valence-corrected chi connectivity index (χ0v) is 10.8. The van der Waals surface area contributed by atoms with E-state index in [1.54, 1.807) is 24.1 Å². The van der Waals surface area contributed by atoms with Crippen molar-refractivity contribution in [3.05, 3.63) is 29.0 Å². The molecule has 2 amide bonds. The summed E-state index contributed by atoms with van der Waals surface area (Å²) in [5, 5.41) is 3.30. The van der Waals surface area contributed by atoms with E-state index in [9.17, 15) is 9.59 Å². The van der Waals surface area contributed by atoms with Gasteiger partial charge in [-0.2, -0.15) is 0 Å². The lowest BCUT2D eigenvalue weighted by Crippen LogP contribution is -2.46. The van der Waals surface area contributed by atoms with Crippen LogP contribution >= 0.6 is 11.6 Å². The highest BCUT2D eigenvalue weighted by atomic mass is 35.5. The Morgan fingerprint density at radius 1 is 1.56 bits per heavy atom. The van der Waals surface area contributed by atoms with E-state index >= 15 is 0 Å². The average molecular weight is 268 g/mol. The van der Waals surface area contributed by atoms with Gasteiger partial charge in [0.25, 0.3) is 5.91 Å². The Kier molecular flexibility index (Phi) is 3.81. The first-order valence-corrected chi connectivity index (χ1v) is 6.10. The molecule has 0 spiro atoms. The van der Waals surface area contributed by atoms with Crippen molar-refractivity contribution < 1.29 is 9.59 Å². The molecular formula is C12H14ClN3O2. The highest BCUT2D eigenvalue weighted by Crippen LogP contribution is 2.11. The molecule has 1 aromatic rings. The van der Waals surface area contributed by atoms with E-state index in [-0.39, 0.29) is 17.9 Å². The molecule has 1 saturated heterocycles. The topological polar surface area (TPSA) is 62.3 Å². The number of pyridine rings is 1. The number of rotatable bonds is 2. The maximum atomic E-state index is 11.9. The zero-order valence-electron chi connectivity index (χ0n) is 10.0. The number of nitrogens with zero attached hydrogens (tertiary/aromatic N) is 2. The SMILES string of the molecule is CN1CC[C@@H](NC(=O)c2ccc(Cl)cn2)CC1=O. The highest BCUT2D eigenvalue weighted by molar-refractivity contribution is 6.30. The molecule has 0 radical (unpaired) electrons. The van der Waals surface area contributed by atoms with Crippen LogP contribution in [0.3, 0.4) is 0 Å². The second-order valence-electron chi connectivity index (χ2n) is 4.34. The van der Waals surface area contributed by atoms with Crippen LogP contribution in [0.15, 0.2) is 18.3 Å². The minimum atomic E-state index is -0.269. The van der Waals surface area contributed by atoms with Crippen molar-refractivity contribution in [2.75, 3.05) is 13.6 Å². The van der Waals surface area contributed by atoms with Crippen LogP contribution in [-0.4, -0.2) is 41.3 Å². The minimum Gasteiger partial charge on any atom is -0.347 e. The monoisotopic (exact) mass is 267 g/mol. The number of hydrogen-bond donors (Lipinski definition) is 1. The van der Waals surface area contributed by atoms with Gasteiger partial charge in [0.05, 0.1) is 5.02 Å². The molecule has 1 aromatic heterocycles. The maximum absolute atomic E-state index is 11.9. The Morgan fingerprint density at radius 2 is 2.33 bits per heavy atom. The number of halogens is 1. The number of carbonyl (C=O) groups excluding carboxylic acids is 2. The quantitative estimate of drug-likeness (QED) is 0.872. The summed E-state index contributed by atoms with van der Waals surface area (Å²) in [5.74, 6) is -0.218. The largest absolute Gasteiger partial charge is 0.347 e. The van der Waals surface area contributed by atoms with Crippen molar-refractivity contribution in [1.82, 2.24) is 15.2 Å². The van der Waals surface area contributed by atoms with Gasteiger partial charge in [-0.15, -0.1) is 0 Å². The molecular weight excluding hydrogens is 254 g/mol. The third kappa shape index (κ3) is 2.98. The normalized spacial score (nSPS) is 19.8. The van der Waals surface area contributed by atoms with E-state index in [1.807, 2.05) is 0 Å². The van der Waals surface area contributed by atoms with Crippen molar-refractivity contribution in [2.24, 2.45) is 0 Å². The van der Waals surface area contributed by atoms with E-state index < -0.39 is 0 Å². The van der Waals surface area contributed by atoms with Crippen molar-refractivity contribution in [3.8, 4) is 0 Å². The number of aromatic nitrogens is 1. The third-order valence-electron chi connectivity index (χ3n) is 2.95. The molecule has 18 heavy (non-hydrogen) atoms. The van der Waals surface area contributed by atoms with Crippen molar-refractivity contribution >= 4 is 23.4 Å². The summed E-state index contributed by atoms with van der Waals surface area (Å²) in [7, 11) is 1.77. The first-order chi connectivity index (χ1) is 8.56. The number of hydrogen-bond acceptors (Lipinski definition) is 3. The summed E-state index contributed by atoms with van der Waals surface area (Å²) in [6.07, 6.45) is 2.54. The molecule has 1 N–H and O–H groups in total. The van der Waals surface area contributed by atoms with Gasteiger partial charge in [0.15, 0.2) is 0 Å². The summed E-state index contributed by atoms with van der Waals surface area (Å²) in [4.78, 5) is 29.0. The Labute approximate surface area is 110 Å². The van der Waals surface area contributed by atoms with Crippen molar-refractivity contribution in [1.29, 1.82) is 0 Å². The van der Waals surface area contributed by atoms with E-state index in [0.29, 0.717) is 23.7 Å². The van der Waals surface area contributed by atoms with Gasteiger partial charge in [-0.05, 0) is 18.6 Å². The van der Waals surface area contributed by atoms with Crippen LogP contribution in [0.4, 0.5) is 0 Å². The van der Waals surface area contributed by atoms with E-state index in [0.717, 1.165) is 6.42 Å². The molecule has 1 atom stereocenters. The summed E-state index contributed by atoms with van der Waals surface area (Å²) in [6, 6.07) is 3.07. The van der Waals surface area contributed by atoms with E-state index in [2.05, 4.69) is 10.3 Å².